The molecule has 1 saturated heterocycles. The average Bonchev–Trinajstić information content (AvgIpc) is 2.62. The third-order valence-corrected chi connectivity index (χ3v) is 7.37. The van der Waals surface area contributed by atoms with Crippen LogP contribution in [0.15, 0.2) is 29.2 Å². The van der Waals surface area contributed by atoms with Crippen LogP contribution in [0.4, 0.5) is 5.69 Å². The van der Waals surface area contributed by atoms with Crippen molar-refractivity contribution >= 4 is 15.7 Å². The van der Waals surface area contributed by atoms with Crippen molar-refractivity contribution in [2.24, 2.45) is 5.92 Å². The second kappa shape index (κ2) is 7.39. The normalized spacial score (nSPS) is 26.4. The summed E-state index contributed by atoms with van der Waals surface area (Å²) in [7, 11) is -3.58. The number of sulfonamides is 1. The molecule has 1 aliphatic heterocycles. The molecule has 0 atom stereocenters. The molecule has 1 aromatic carbocycles. The van der Waals surface area contributed by atoms with Crippen molar-refractivity contribution in [1.82, 2.24) is 9.21 Å². The first-order valence-electron chi connectivity index (χ1n) is 8.86. The zero-order chi connectivity index (χ0) is 18.0. The highest BCUT2D eigenvalue weighted by molar-refractivity contribution is 7.89. The summed E-state index contributed by atoms with van der Waals surface area (Å²) in [6.45, 7) is 4.76. The van der Waals surface area contributed by atoms with Gasteiger partial charge in [0.05, 0.1) is 9.82 Å². The van der Waals surface area contributed by atoms with Crippen molar-refractivity contribution in [3.8, 4) is 0 Å². The van der Waals surface area contributed by atoms with E-state index in [1.54, 1.807) is 0 Å². The topological polar surface area (TPSA) is 83.8 Å². The molecule has 138 valence electrons. The summed E-state index contributed by atoms with van der Waals surface area (Å²) in [5, 5.41) is 10.7. The molecule has 7 nitrogen and oxygen atoms in total. The number of non-ortho nitro benzene ring substituents is 1. The number of hydrogen-bond donors (Lipinski definition) is 0. The van der Waals surface area contributed by atoms with Gasteiger partial charge in [-0.1, -0.05) is 6.92 Å². The van der Waals surface area contributed by atoms with Crippen LogP contribution in [0.25, 0.3) is 0 Å². The van der Waals surface area contributed by atoms with Crippen LogP contribution in [0.2, 0.25) is 0 Å². The highest BCUT2D eigenvalue weighted by Crippen LogP contribution is 2.28. The van der Waals surface area contributed by atoms with E-state index in [0.717, 1.165) is 19.0 Å². The van der Waals surface area contributed by atoms with Crippen molar-refractivity contribution in [3.63, 3.8) is 0 Å². The van der Waals surface area contributed by atoms with E-state index in [9.17, 15) is 18.5 Å². The number of hydrogen-bond acceptors (Lipinski definition) is 5. The van der Waals surface area contributed by atoms with Gasteiger partial charge in [0.1, 0.15) is 0 Å². The van der Waals surface area contributed by atoms with E-state index in [1.807, 2.05) is 0 Å². The van der Waals surface area contributed by atoms with Gasteiger partial charge in [-0.25, -0.2) is 8.42 Å². The molecule has 2 aliphatic rings. The minimum absolute atomic E-state index is 0.102. The van der Waals surface area contributed by atoms with Crippen LogP contribution in [0.5, 0.6) is 0 Å². The Morgan fingerprint density at radius 1 is 1.00 bits per heavy atom. The Balaban J connectivity index is 1.62. The van der Waals surface area contributed by atoms with Crippen molar-refractivity contribution in [2.45, 2.75) is 43.5 Å². The average molecular weight is 367 g/mol. The Hall–Kier alpha value is -1.51. The SMILES string of the molecule is CC1CCC(N2CCN(S(=O)(=O)c3ccc([N+](=O)[O-])cc3)CC2)CC1. The maximum Gasteiger partial charge on any atom is 0.269 e. The lowest BCUT2D eigenvalue weighted by molar-refractivity contribution is -0.384. The van der Waals surface area contributed by atoms with E-state index >= 15 is 0 Å². The van der Waals surface area contributed by atoms with Gasteiger partial charge in [0.15, 0.2) is 0 Å². The van der Waals surface area contributed by atoms with Gasteiger partial charge in [0, 0.05) is 44.4 Å². The van der Waals surface area contributed by atoms with Crippen molar-refractivity contribution in [3.05, 3.63) is 34.4 Å². The van der Waals surface area contributed by atoms with E-state index in [-0.39, 0.29) is 10.6 Å². The fraction of sp³-hybridized carbons (Fsp3) is 0.647. The van der Waals surface area contributed by atoms with Crippen LogP contribution in [0.1, 0.15) is 32.6 Å². The predicted octanol–water partition coefficient (Wildman–Crippen LogP) is 2.48. The van der Waals surface area contributed by atoms with Gasteiger partial charge in [0.2, 0.25) is 10.0 Å². The number of benzene rings is 1. The van der Waals surface area contributed by atoms with Crippen molar-refractivity contribution < 1.29 is 13.3 Å². The summed E-state index contributed by atoms with van der Waals surface area (Å²) in [5.41, 5.74) is -0.102. The van der Waals surface area contributed by atoms with Crippen molar-refractivity contribution in [2.75, 3.05) is 26.2 Å². The van der Waals surface area contributed by atoms with Crippen LogP contribution in [-0.4, -0.2) is 54.8 Å². The number of nitro benzene ring substituents is 1. The molecule has 0 N–H and O–H groups in total. The van der Waals surface area contributed by atoms with E-state index in [0.29, 0.717) is 19.1 Å². The monoisotopic (exact) mass is 367 g/mol. The highest BCUT2D eigenvalue weighted by atomic mass is 32.2. The molecule has 0 unspecified atom stereocenters. The van der Waals surface area contributed by atoms with Gasteiger partial charge in [-0.2, -0.15) is 4.31 Å². The number of nitro groups is 1. The predicted molar refractivity (Wildman–Crippen MR) is 94.8 cm³/mol. The Morgan fingerprint density at radius 3 is 2.08 bits per heavy atom. The van der Waals surface area contributed by atoms with E-state index in [1.165, 1.54) is 54.3 Å². The first kappa shape index (κ1) is 18.3. The number of rotatable bonds is 4. The van der Waals surface area contributed by atoms with Gasteiger partial charge in [0.25, 0.3) is 5.69 Å². The minimum Gasteiger partial charge on any atom is -0.298 e. The molecule has 1 aliphatic carbocycles. The summed E-state index contributed by atoms with van der Waals surface area (Å²) >= 11 is 0. The molecule has 25 heavy (non-hydrogen) atoms. The second-order valence-electron chi connectivity index (χ2n) is 7.10. The van der Waals surface area contributed by atoms with E-state index in [2.05, 4.69) is 11.8 Å². The third-order valence-electron chi connectivity index (χ3n) is 5.46. The molecule has 2 fully saturated rings. The molecule has 0 bridgehead atoms. The van der Waals surface area contributed by atoms with Gasteiger partial charge < -0.3 is 0 Å². The second-order valence-corrected chi connectivity index (χ2v) is 9.04. The molecular weight excluding hydrogens is 342 g/mol. The summed E-state index contributed by atoms with van der Waals surface area (Å²) < 4.78 is 27.0. The Kier molecular flexibility index (Phi) is 5.41. The minimum atomic E-state index is -3.58. The smallest absolute Gasteiger partial charge is 0.269 e. The fourth-order valence-corrected chi connectivity index (χ4v) is 5.23. The first-order chi connectivity index (χ1) is 11.9. The van der Waals surface area contributed by atoms with Crippen LogP contribution < -0.4 is 0 Å². The Morgan fingerprint density at radius 2 is 1.56 bits per heavy atom. The van der Waals surface area contributed by atoms with Crippen LogP contribution in [0.3, 0.4) is 0 Å². The van der Waals surface area contributed by atoms with Gasteiger partial charge in [-0.3, -0.25) is 15.0 Å². The Bertz CT molecular complexity index is 704. The number of nitrogens with zero attached hydrogens (tertiary/aromatic N) is 3. The molecule has 0 amide bonds. The highest BCUT2D eigenvalue weighted by Gasteiger charge is 2.32. The van der Waals surface area contributed by atoms with E-state index in [4.69, 9.17) is 0 Å². The summed E-state index contributed by atoms with van der Waals surface area (Å²) in [6, 6.07) is 5.71. The lowest BCUT2D eigenvalue weighted by Gasteiger charge is -2.41. The quantitative estimate of drug-likeness (QED) is 0.603. The molecule has 1 aromatic rings. The van der Waals surface area contributed by atoms with Crippen molar-refractivity contribution in [1.29, 1.82) is 0 Å². The zero-order valence-corrected chi connectivity index (χ0v) is 15.3. The fourth-order valence-electron chi connectivity index (χ4n) is 3.81. The van der Waals surface area contributed by atoms with Crippen LogP contribution in [0, 0.1) is 16.0 Å². The summed E-state index contributed by atoms with van der Waals surface area (Å²) in [5.74, 6) is 0.806. The van der Waals surface area contributed by atoms with Gasteiger partial charge in [-0.15, -0.1) is 0 Å². The molecule has 0 aromatic heterocycles. The van der Waals surface area contributed by atoms with Gasteiger partial charge >= 0.3 is 0 Å². The lowest BCUT2D eigenvalue weighted by atomic mass is 9.86. The first-order valence-corrected chi connectivity index (χ1v) is 10.3. The molecule has 3 rings (SSSR count). The Labute approximate surface area is 148 Å². The summed E-state index contributed by atoms with van der Waals surface area (Å²) in [6.07, 6.45) is 4.92. The molecule has 0 spiro atoms. The maximum absolute atomic E-state index is 12.7. The standard InChI is InChI=1S/C17H25N3O4S/c1-14-2-4-15(5-3-14)18-10-12-19(13-11-18)25(23,24)17-8-6-16(7-9-17)20(21)22/h6-9,14-15H,2-5,10-13H2,1H3. The lowest BCUT2D eigenvalue weighted by Crippen LogP contribution is -2.52. The number of piperazine rings is 1. The molecule has 1 heterocycles. The molecule has 0 radical (unpaired) electrons. The largest absolute Gasteiger partial charge is 0.298 e. The third kappa shape index (κ3) is 4.02. The maximum atomic E-state index is 12.7. The molecule has 8 heteroatoms. The van der Waals surface area contributed by atoms with Crippen LogP contribution in [-0.2, 0) is 10.0 Å². The summed E-state index contributed by atoms with van der Waals surface area (Å²) in [4.78, 5) is 12.7. The zero-order valence-electron chi connectivity index (χ0n) is 14.5. The molecular formula is C17H25N3O4S. The van der Waals surface area contributed by atoms with E-state index < -0.39 is 14.9 Å². The van der Waals surface area contributed by atoms with Crippen LogP contribution >= 0.6 is 0 Å². The van der Waals surface area contributed by atoms with Gasteiger partial charge in [-0.05, 0) is 43.7 Å². The molecule has 1 saturated carbocycles.